The number of para-hydroxylation sites is 1. The highest BCUT2D eigenvalue weighted by Gasteiger charge is 2.10. The molecule has 0 spiro atoms. The van der Waals surface area contributed by atoms with Gasteiger partial charge in [-0.3, -0.25) is 9.36 Å². The molecule has 0 bridgehead atoms. The van der Waals surface area contributed by atoms with Crippen LogP contribution in [0.1, 0.15) is 11.1 Å². The van der Waals surface area contributed by atoms with Crippen LogP contribution in [0.2, 0.25) is 0 Å². The zero-order chi connectivity index (χ0) is 14.7. The van der Waals surface area contributed by atoms with E-state index < -0.39 is 0 Å². The zero-order valence-corrected chi connectivity index (χ0v) is 12.4. The molecular weight excluding hydrogens is 276 g/mol. The smallest absolute Gasteiger partial charge is 0.325 e. The Labute approximate surface area is 120 Å². The Bertz CT molecular complexity index is 670. The van der Waals surface area contributed by atoms with E-state index >= 15 is 0 Å². The van der Waals surface area contributed by atoms with E-state index in [-0.39, 0.29) is 17.3 Å². The average molecular weight is 292 g/mol. The molecule has 1 heterocycles. The molecule has 0 aliphatic carbocycles. The number of aromatic nitrogens is 3. The van der Waals surface area contributed by atoms with Gasteiger partial charge < -0.3 is 5.32 Å². The number of carbonyl (C=O) groups excluding carboxylic acids is 1. The molecule has 0 saturated carbocycles. The van der Waals surface area contributed by atoms with Crippen molar-refractivity contribution in [1.29, 1.82) is 0 Å². The number of hydrogen-bond donors (Lipinski definition) is 2. The van der Waals surface area contributed by atoms with Crippen molar-refractivity contribution in [3.05, 3.63) is 39.8 Å². The molecule has 2 N–H and O–H groups in total. The van der Waals surface area contributed by atoms with Gasteiger partial charge in [0.05, 0.1) is 5.75 Å². The predicted molar refractivity (Wildman–Crippen MR) is 79.1 cm³/mol. The quantitative estimate of drug-likeness (QED) is 0.836. The van der Waals surface area contributed by atoms with Gasteiger partial charge in [-0.05, 0) is 25.0 Å². The topological polar surface area (TPSA) is 79.8 Å². The lowest BCUT2D eigenvalue weighted by Gasteiger charge is -2.10. The molecule has 1 amide bonds. The van der Waals surface area contributed by atoms with E-state index in [0.717, 1.165) is 16.8 Å². The number of nitrogens with zero attached hydrogens (tertiary/aromatic N) is 2. The molecule has 0 radical (unpaired) electrons. The summed E-state index contributed by atoms with van der Waals surface area (Å²) in [5.41, 5.74) is 2.60. The second kappa shape index (κ2) is 5.96. The van der Waals surface area contributed by atoms with Crippen LogP contribution in [-0.2, 0) is 11.8 Å². The average Bonchev–Trinajstić information content (AvgIpc) is 2.72. The number of aromatic amines is 1. The number of aryl methyl sites for hydroxylation is 2. The van der Waals surface area contributed by atoms with Crippen LogP contribution in [0.4, 0.5) is 5.69 Å². The van der Waals surface area contributed by atoms with Crippen molar-refractivity contribution in [1.82, 2.24) is 14.8 Å². The molecule has 20 heavy (non-hydrogen) atoms. The standard InChI is InChI=1S/C13H16N4O2S/c1-8-5-4-6-9(2)11(8)14-10(18)7-20-13-16-15-12(19)17(13)3/h4-6H,7H2,1-3H3,(H,14,18)(H,15,19). The molecule has 0 saturated heterocycles. The molecule has 7 heteroatoms. The SMILES string of the molecule is Cc1cccc(C)c1NC(=O)CSc1n[nH]c(=O)n1C. The molecule has 106 valence electrons. The normalized spacial score (nSPS) is 10.6. The molecule has 2 aromatic rings. The van der Waals surface area contributed by atoms with E-state index in [2.05, 4.69) is 15.5 Å². The number of thioether (sulfide) groups is 1. The summed E-state index contributed by atoms with van der Waals surface area (Å²) in [6, 6.07) is 5.86. The van der Waals surface area contributed by atoms with E-state index in [0.29, 0.717) is 5.16 Å². The summed E-state index contributed by atoms with van der Waals surface area (Å²) >= 11 is 1.22. The molecule has 1 aromatic heterocycles. The summed E-state index contributed by atoms with van der Waals surface area (Å²) in [5.74, 6) is 0.0779. The van der Waals surface area contributed by atoms with Crippen LogP contribution >= 0.6 is 11.8 Å². The van der Waals surface area contributed by atoms with Crippen LogP contribution in [0, 0.1) is 13.8 Å². The number of benzene rings is 1. The van der Waals surface area contributed by atoms with Crippen LogP contribution in [0.25, 0.3) is 0 Å². The lowest BCUT2D eigenvalue weighted by Crippen LogP contribution is -2.17. The molecule has 0 atom stereocenters. The molecule has 1 aromatic carbocycles. The fraction of sp³-hybridized carbons (Fsp3) is 0.308. The lowest BCUT2D eigenvalue weighted by atomic mass is 10.1. The number of rotatable bonds is 4. The van der Waals surface area contributed by atoms with Gasteiger partial charge in [-0.15, -0.1) is 5.10 Å². The zero-order valence-electron chi connectivity index (χ0n) is 11.6. The maximum Gasteiger partial charge on any atom is 0.343 e. The van der Waals surface area contributed by atoms with Gasteiger partial charge in [0.1, 0.15) is 0 Å². The molecule has 0 fully saturated rings. The predicted octanol–water partition coefficient (Wildman–Crippen LogP) is 1.46. The third-order valence-electron chi connectivity index (χ3n) is 2.92. The Kier molecular flexibility index (Phi) is 4.29. The molecular formula is C13H16N4O2S. The van der Waals surface area contributed by atoms with Crippen molar-refractivity contribution >= 4 is 23.4 Å². The second-order valence-electron chi connectivity index (χ2n) is 4.47. The number of anilines is 1. The van der Waals surface area contributed by atoms with Gasteiger partial charge in [0.25, 0.3) is 0 Å². The number of nitrogens with one attached hydrogen (secondary N) is 2. The highest BCUT2D eigenvalue weighted by atomic mass is 32.2. The first-order valence-electron chi connectivity index (χ1n) is 6.09. The van der Waals surface area contributed by atoms with Crippen molar-refractivity contribution < 1.29 is 4.79 Å². The Morgan fingerprint density at radius 1 is 1.40 bits per heavy atom. The van der Waals surface area contributed by atoms with Gasteiger partial charge in [0, 0.05) is 12.7 Å². The minimum absolute atomic E-state index is 0.122. The first-order chi connectivity index (χ1) is 9.49. The van der Waals surface area contributed by atoms with Crippen LogP contribution in [0.5, 0.6) is 0 Å². The fourth-order valence-electron chi connectivity index (χ4n) is 1.78. The highest BCUT2D eigenvalue weighted by molar-refractivity contribution is 7.99. The van der Waals surface area contributed by atoms with Crippen LogP contribution in [0.3, 0.4) is 0 Å². The van der Waals surface area contributed by atoms with Crippen LogP contribution in [0.15, 0.2) is 28.2 Å². The van der Waals surface area contributed by atoms with Crippen molar-refractivity contribution in [3.8, 4) is 0 Å². The second-order valence-corrected chi connectivity index (χ2v) is 5.42. The van der Waals surface area contributed by atoms with E-state index in [9.17, 15) is 9.59 Å². The highest BCUT2D eigenvalue weighted by Crippen LogP contribution is 2.20. The van der Waals surface area contributed by atoms with Gasteiger partial charge in [0.15, 0.2) is 5.16 Å². The summed E-state index contributed by atoms with van der Waals surface area (Å²) in [5, 5.41) is 9.55. The summed E-state index contributed by atoms with van der Waals surface area (Å²) in [4.78, 5) is 23.1. The first-order valence-corrected chi connectivity index (χ1v) is 7.08. The van der Waals surface area contributed by atoms with Gasteiger partial charge in [-0.1, -0.05) is 30.0 Å². The van der Waals surface area contributed by atoms with Gasteiger partial charge >= 0.3 is 5.69 Å². The summed E-state index contributed by atoms with van der Waals surface area (Å²) < 4.78 is 1.37. The third kappa shape index (κ3) is 3.11. The van der Waals surface area contributed by atoms with Gasteiger partial charge in [-0.2, -0.15) is 0 Å². The number of hydrogen-bond acceptors (Lipinski definition) is 4. The van der Waals surface area contributed by atoms with E-state index in [1.165, 1.54) is 16.3 Å². The summed E-state index contributed by atoms with van der Waals surface area (Å²) in [6.07, 6.45) is 0. The Hall–Kier alpha value is -2.02. The van der Waals surface area contributed by atoms with Crippen molar-refractivity contribution in [3.63, 3.8) is 0 Å². The third-order valence-corrected chi connectivity index (χ3v) is 3.95. The minimum Gasteiger partial charge on any atom is -0.325 e. The van der Waals surface area contributed by atoms with Crippen LogP contribution in [-0.4, -0.2) is 26.4 Å². The van der Waals surface area contributed by atoms with Gasteiger partial charge in [-0.25, -0.2) is 9.89 Å². The Morgan fingerprint density at radius 3 is 2.60 bits per heavy atom. The van der Waals surface area contributed by atoms with Crippen LogP contribution < -0.4 is 11.0 Å². The molecule has 2 rings (SSSR count). The minimum atomic E-state index is -0.289. The van der Waals surface area contributed by atoms with E-state index in [1.807, 2.05) is 32.0 Å². The molecule has 0 aliphatic heterocycles. The molecule has 0 aliphatic rings. The number of carbonyl (C=O) groups is 1. The maximum absolute atomic E-state index is 12.0. The van der Waals surface area contributed by atoms with Gasteiger partial charge in [0.2, 0.25) is 5.91 Å². The first kappa shape index (κ1) is 14.4. The monoisotopic (exact) mass is 292 g/mol. The molecule has 0 unspecified atom stereocenters. The fourth-order valence-corrected chi connectivity index (χ4v) is 2.50. The largest absolute Gasteiger partial charge is 0.343 e. The maximum atomic E-state index is 12.0. The summed E-state index contributed by atoms with van der Waals surface area (Å²) in [7, 11) is 1.61. The Morgan fingerprint density at radius 2 is 2.05 bits per heavy atom. The van der Waals surface area contributed by atoms with Crippen molar-refractivity contribution in [2.45, 2.75) is 19.0 Å². The van der Waals surface area contributed by atoms with E-state index in [4.69, 9.17) is 0 Å². The number of H-pyrrole nitrogens is 1. The Balaban J connectivity index is 2.00. The van der Waals surface area contributed by atoms with Crippen molar-refractivity contribution in [2.24, 2.45) is 7.05 Å². The molecule has 6 nitrogen and oxygen atoms in total. The van der Waals surface area contributed by atoms with Crippen molar-refractivity contribution in [2.75, 3.05) is 11.1 Å². The van der Waals surface area contributed by atoms with E-state index in [1.54, 1.807) is 7.05 Å². The summed E-state index contributed by atoms with van der Waals surface area (Å²) in [6.45, 7) is 3.90. The number of amides is 1. The lowest BCUT2D eigenvalue weighted by molar-refractivity contribution is -0.113.